The third kappa shape index (κ3) is 3.61. The standard InChI is InChI=1S/C13H18Cl2N2O/c1-13(2,7-16)8-17(3)12(18)11-9(14)5-4-6-10(11)15/h4-6H,7-8,16H2,1-3H3. The van der Waals surface area contributed by atoms with Crippen LogP contribution in [0.3, 0.4) is 0 Å². The van der Waals surface area contributed by atoms with Crippen LogP contribution in [0.25, 0.3) is 0 Å². The minimum Gasteiger partial charge on any atom is -0.341 e. The van der Waals surface area contributed by atoms with Crippen molar-refractivity contribution in [1.29, 1.82) is 0 Å². The van der Waals surface area contributed by atoms with Gasteiger partial charge in [0.1, 0.15) is 0 Å². The predicted octanol–water partition coefficient (Wildman–Crippen LogP) is 3.05. The summed E-state index contributed by atoms with van der Waals surface area (Å²) in [4.78, 5) is 13.9. The van der Waals surface area contributed by atoms with E-state index < -0.39 is 0 Å². The maximum atomic E-state index is 12.3. The Balaban J connectivity index is 2.94. The number of amides is 1. The maximum Gasteiger partial charge on any atom is 0.256 e. The first-order chi connectivity index (χ1) is 8.28. The van der Waals surface area contributed by atoms with Crippen molar-refractivity contribution in [2.45, 2.75) is 13.8 Å². The molecule has 2 N–H and O–H groups in total. The van der Waals surface area contributed by atoms with E-state index in [-0.39, 0.29) is 11.3 Å². The summed E-state index contributed by atoms with van der Waals surface area (Å²) in [7, 11) is 1.72. The number of carbonyl (C=O) groups excluding carboxylic acids is 1. The number of nitrogens with zero attached hydrogens (tertiary/aromatic N) is 1. The Morgan fingerprint density at radius 2 is 1.83 bits per heavy atom. The number of rotatable bonds is 4. The summed E-state index contributed by atoms with van der Waals surface area (Å²) in [5.41, 5.74) is 5.87. The van der Waals surface area contributed by atoms with Gasteiger partial charge >= 0.3 is 0 Å². The molecule has 0 radical (unpaired) electrons. The molecule has 0 spiro atoms. The zero-order valence-corrected chi connectivity index (χ0v) is 12.3. The summed E-state index contributed by atoms with van der Waals surface area (Å²) in [6, 6.07) is 5.02. The van der Waals surface area contributed by atoms with E-state index in [0.717, 1.165) is 0 Å². The van der Waals surface area contributed by atoms with Crippen LogP contribution in [-0.4, -0.2) is 30.9 Å². The van der Waals surface area contributed by atoms with E-state index in [9.17, 15) is 4.79 Å². The van der Waals surface area contributed by atoms with E-state index in [1.165, 1.54) is 0 Å². The highest BCUT2D eigenvalue weighted by molar-refractivity contribution is 6.39. The third-order valence-electron chi connectivity index (χ3n) is 2.74. The summed E-state index contributed by atoms with van der Waals surface area (Å²) in [5, 5.41) is 0.731. The van der Waals surface area contributed by atoms with Crippen LogP contribution in [0.4, 0.5) is 0 Å². The Kier molecular flexibility index (Phi) is 5.02. The summed E-state index contributed by atoms with van der Waals surface area (Å²) >= 11 is 12.0. The molecule has 5 heteroatoms. The van der Waals surface area contributed by atoms with Crippen molar-refractivity contribution < 1.29 is 4.79 Å². The summed E-state index contributed by atoms with van der Waals surface area (Å²) in [5.74, 6) is -0.188. The first-order valence-corrected chi connectivity index (χ1v) is 6.43. The van der Waals surface area contributed by atoms with E-state index in [1.807, 2.05) is 13.8 Å². The molecule has 0 fully saturated rings. The fraction of sp³-hybridized carbons (Fsp3) is 0.462. The summed E-state index contributed by atoms with van der Waals surface area (Å²) in [6.45, 7) is 5.06. The van der Waals surface area contributed by atoms with E-state index in [4.69, 9.17) is 28.9 Å². The minimum atomic E-state index is -0.188. The van der Waals surface area contributed by atoms with Crippen LogP contribution in [0.1, 0.15) is 24.2 Å². The molecule has 100 valence electrons. The quantitative estimate of drug-likeness (QED) is 0.926. The van der Waals surface area contributed by atoms with Crippen LogP contribution >= 0.6 is 23.2 Å². The van der Waals surface area contributed by atoms with Gasteiger partial charge in [-0.15, -0.1) is 0 Å². The highest BCUT2D eigenvalue weighted by atomic mass is 35.5. The van der Waals surface area contributed by atoms with Crippen molar-refractivity contribution in [2.24, 2.45) is 11.1 Å². The fourth-order valence-corrected chi connectivity index (χ4v) is 2.23. The average molecular weight is 289 g/mol. The Morgan fingerprint density at radius 3 is 2.28 bits per heavy atom. The van der Waals surface area contributed by atoms with Crippen molar-refractivity contribution in [3.8, 4) is 0 Å². The molecule has 1 aromatic carbocycles. The van der Waals surface area contributed by atoms with E-state index in [0.29, 0.717) is 28.7 Å². The smallest absolute Gasteiger partial charge is 0.256 e. The number of nitrogens with two attached hydrogens (primary N) is 1. The number of carbonyl (C=O) groups is 1. The molecule has 1 rings (SSSR count). The van der Waals surface area contributed by atoms with Gasteiger partial charge in [0.05, 0.1) is 15.6 Å². The monoisotopic (exact) mass is 288 g/mol. The van der Waals surface area contributed by atoms with Crippen molar-refractivity contribution in [1.82, 2.24) is 4.90 Å². The Labute approximate surface area is 118 Å². The largest absolute Gasteiger partial charge is 0.341 e. The number of hydrogen-bond donors (Lipinski definition) is 1. The van der Waals surface area contributed by atoms with Crippen LogP contribution in [0.2, 0.25) is 10.0 Å². The Bertz CT molecular complexity index is 426. The minimum absolute atomic E-state index is 0.141. The molecule has 0 aliphatic rings. The highest BCUT2D eigenvalue weighted by Gasteiger charge is 2.24. The van der Waals surface area contributed by atoms with Crippen LogP contribution in [0.5, 0.6) is 0 Å². The van der Waals surface area contributed by atoms with E-state index in [1.54, 1.807) is 30.1 Å². The van der Waals surface area contributed by atoms with Crippen LogP contribution in [-0.2, 0) is 0 Å². The first kappa shape index (κ1) is 15.3. The van der Waals surface area contributed by atoms with Crippen molar-refractivity contribution in [3.05, 3.63) is 33.8 Å². The molecule has 0 atom stereocenters. The lowest BCUT2D eigenvalue weighted by Gasteiger charge is -2.29. The molecule has 0 bridgehead atoms. The molecule has 0 heterocycles. The summed E-state index contributed by atoms with van der Waals surface area (Å²) < 4.78 is 0. The van der Waals surface area contributed by atoms with Gasteiger partial charge in [0.25, 0.3) is 5.91 Å². The topological polar surface area (TPSA) is 46.3 Å². The highest BCUT2D eigenvalue weighted by Crippen LogP contribution is 2.26. The molecule has 0 aromatic heterocycles. The third-order valence-corrected chi connectivity index (χ3v) is 3.37. The van der Waals surface area contributed by atoms with Crippen molar-refractivity contribution >= 4 is 29.1 Å². The van der Waals surface area contributed by atoms with E-state index >= 15 is 0 Å². The summed E-state index contributed by atoms with van der Waals surface area (Å²) in [6.07, 6.45) is 0. The van der Waals surface area contributed by atoms with Gasteiger partial charge in [-0.25, -0.2) is 0 Å². The molecule has 0 aliphatic carbocycles. The van der Waals surface area contributed by atoms with Gasteiger partial charge in [-0.05, 0) is 24.1 Å². The van der Waals surface area contributed by atoms with E-state index in [2.05, 4.69) is 0 Å². The van der Waals surface area contributed by atoms with Crippen molar-refractivity contribution in [3.63, 3.8) is 0 Å². The van der Waals surface area contributed by atoms with Gasteiger partial charge in [-0.1, -0.05) is 43.1 Å². The zero-order valence-electron chi connectivity index (χ0n) is 10.8. The molecule has 18 heavy (non-hydrogen) atoms. The molecule has 1 aromatic rings. The number of halogens is 2. The van der Waals surface area contributed by atoms with Crippen LogP contribution < -0.4 is 5.73 Å². The van der Waals surface area contributed by atoms with Gasteiger partial charge in [-0.2, -0.15) is 0 Å². The lowest BCUT2D eigenvalue weighted by atomic mass is 9.93. The molecule has 0 saturated carbocycles. The van der Waals surface area contributed by atoms with Crippen LogP contribution in [0.15, 0.2) is 18.2 Å². The zero-order chi connectivity index (χ0) is 13.9. The second kappa shape index (κ2) is 5.91. The fourth-order valence-electron chi connectivity index (χ4n) is 1.67. The molecule has 3 nitrogen and oxygen atoms in total. The lowest BCUT2D eigenvalue weighted by Crippen LogP contribution is -2.39. The average Bonchev–Trinajstić information content (AvgIpc) is 2.28. The number of benzene rings is 1. The molecule has 1 amide bonds. The maximum absolute atomic E-state index is 12.3. The van der Waals surface area contributed by atoms with Gasteiger partial charge in [0.2, 0.25) is 0 Å². The molecule has 0 aliphatic heterocycles. The molecular formula is C13H18Cl2N2O. The molecular weight excluding hydrogens is 271 g/mol. The molecule has 0 unspecified atom stereocenters. The Morgan fingerprint density at radius 1 is 1.33 bits per heavy atom. The molecule has 0 saturated heterocycles. The number of hydrogen-bond acceptors (Lipinski definition) is 2. The van der Waals surface area contributed by atoms with Gasteiger partial charge in [0, 0.05) is 13.6 Å². The second-order valence-corrected chi connectivity index (χ2v) is 5.94. The second-order valence-electron chi connectivity index (χ2n) is 5.13. The van der Waals surface area contributed by atoms with Crippen LogP contribution in [0, 0.1) is 5.41 Å². The Hall–Kier alpha value is -0.770. The SMILES string of the molecule is CN(CC(C)(C)CN)C(=O)c1c(Cl)cccc1Cl. The van der Waals surface area contributed by atoms with Gasteiger partial charge in [-0.3, -0.25) is 4.79 Å². The van der Waals surface area contributed by atoms with Gasteiger partial charge < -0.3 is 10.6 Å². The predicted molar refractivity (Wildman–Crippen MR) is 76.3 cm³/mol. The normalized spacial score (nSPS) is 11.4. The first-order valence-electron chi connectivity index (χ1n) is 5.68. The lowest BCUT2D eigenvalue weighted by molar-refractivity contribution is 0.0741. The van der Waals surface area contributed by atoms with Gasteiger partial charge in [0.15, 0.2) is 0 Å². The van der Waals surface area contributed by atoms with Crippen molar-refractivity contribution in [2.75, 3.05) is 20.1 Å².